The molecule has 0 fully saturated rings. The average Bonchev–Trinajstić information content (AvgIpc) is 2.48. The first-order valence-corrected chi connectivity index (χ1v) is 6.13. The van der Waals surface area contributed by atoms with Crippen LogP contribution in [0.1, 0.15) is 13.3 Å². The van der Waals surface area contributed by atoms with Gasteiger partial charge in [0.05, 0.1) is 13.7 Å². The first-order valence-electron chi connectivity index (χ1n) is 6.13. The monoisotopic (exact) mass is 244 g/mol. The van der Waals surface area contributed by atoms with E-state index in [4.69, 9.17) is 9.47 Å². The van der Waals surface area contributed by atoms with Gasteiger partial charge in [0.1, 0.15) is 11.5 Å². The molecule has 0 aliphatic rings. The summed E-state index contributed by atoms with van der Waals surface area (Å²) in [6, 6.07) is 19.6. The predicted octanol–water partition coefficient (Wildman–Crippen LogP) is 4.17. The molecule has 18 heavy (non-hydrogen) atoms. The Balaban J connectivity index is 0.000000184. The molecule has 2 aromatic carbocycles. The Bertz CT molecular complexity index is 398. The summed E-state index contributed by atoms with van der Waals surface area (Å²) in [5.41, 5.74) is 0. The van der Waals surface area contributed by atoms with Gasteiger partial charge in [-0.25, -0.2) is 0 Å². The molecule has 0 aliphatic heterocycles. The van der Waals surface area contributed by atoms with Crippen LogP contribution in [0.5, 0.6) is 11.5 Å². The maximum absolute atomic E-state index is 5.36. The van der Waals surface area contributed by atoms with Gasteiger partial charge in [-0.05, 0) is 30.7 Å². The third-order valence-corrected chi connectivity index (χ3v) is 2.19. The van der Waals surface area contributed by atoms with Crippen LogP contribution in [0.2, 0.25) is 0 Å². The van der Waals surface area contributed by atoms with Gasteiger partial charge >= 0.3 is 0 Å². The lowest BCUT2D eigenvalue weighted by molar-refractivity contribution is 0.317. The van der Waals surface area contributed by atoms with Crippen molar-refractivity contribution < 1.29 is 9.47 Å². The van der Waals surface area contributed by atoms with Crippen molar-refractivity contribution in [1.82, 2.24) is 0 Å². The van der Waals surface area contributed by atoms with E-state index in [0.29, 0.717) is 0 Å². The van der Waals surface area contributed by atoms with E-state index in [2.05, 4.69) is 6.92 Å². The normalized spacial score (nSPS) is 9.00. The van der Waals surface area contributed by atoms with E-state index in [9.17, 15) is 0 Å². The second-order valence-corrected chi connectivity index (χ2v) is 3.68. The van der Waals surface area contributed by atoms with Crippen LogP contribution in [0.3, 0.4) is 0 Å². The molecule has 2 nitrogen and oxygen atoms in total. The van der Waals surface area contributed by atoms with Crippen LogP contribution in [0.25, 0.3) is 0 Å². The number of para-hydroxylation sites is 2. The minimum absolute atomic E-state index is 0.810. The zero-order valence-corrected chi connectivity index (χ0v) is 11.0. The summed E-state index contributed by atoms with van der Waals surface area (Å²) in [5, 5.41) is 0. The van der Waals surface area contributed by atoms with Crippen molar-refractivity contribution in [2.75, 3.05) is 13.7 Å². The van der Waals surface area contributed by atoms with Crippen molar-refractivity contribution in [3.63, 3.8) is 0 Å². The Morgan fingerprint density at radius 1 is 0.778 bits per heavy atom. The van der Waals surface area contributed by atoms with Crippen LogP contribution >= 0.6 is 0 Å². The van der Waals surface area contributed by atoms with Gasteiger partial charge in [-0.1, -0.05) is 43.3 Å². The molecular weight excluding hydrogens is 224 g/mol. The molecule has 0 saturated heterocycles. The maximum Gasteiger partial charge on any atom is 0.119 e. The number of hydrogen-bond donors (Lipinski definition) is 0. The molecule has 0 aromatic heterocycles. The zero-order valence-electron chi connectivity index (χ0n) is 11.0. The second kappa shape index (κ2) is 9.11. The summed E-state index contributed by atoms with van der Waals surface area (Å²) in [7, 11) is 1.66. The number of rotatable bonds is 4. The van der Waals surface area contributed by atoms with Gasteiger partial charge in [0.25, 0.3) is 0 Å². The van der Waals surface area contributed by atoms with E-state index >= 15 is 0 Å². The minimum atomic E-state index is 0.810. The molecule has 2 aromatic rings. The zero-order chi connectivity index (χ0) is 13.1. The van der Waals surface area contributed by atoms with Gasteiger partial charge < -0.3 is 9.47 Å². The molecular formula is C16H20O2. The highest BCUT2D eigenvalue weighted by molar-refractivity contribution is 5.21. The third-order valence-electron chi connectivity index (χ3n) is 2.19. The Morgan fingerprint density at radius 2 is 1.28 bits per heavy atom. The fourth-order valence-electron chi connectivity index (χ4n) is 1.29. The molecule has 0 spiro atoms. The fraction of sp³-hybridized carbons (Fsp3) is 0.250. The molecule has 2 heteroatoms. The first-order chi connectivity index (χ1) is 8.86. The SMILES string of the molecule is CCCOc1ccccc1.COc1ccccc1. The van der Waals surface area contributed by atoms with Crippen LogP contribution < -0.4 is 9.47 Å². The number of benzene rings is 2. The molecule has 0 bridgehead atoms. The summed E-state index contributed by atoms with van der Waals surface area (Å²) >= 11 is 0. The van der Waals surface area contributed by atoms with Gasteiger partial charge in [0, 0.05) is 0 Å². The Morgan fingerprint density at radius 3 is 1.67 bits per heavy atom. The molecule has 0 radical (unpaired) electrons. The van der Waals surface area contributed by atoms with Gasteiger partial charge in [0.15, 0.2) is 0 Å². The van der Waals surface area contributed by atoms with Gasteiger partial charge in [-0.15, -0.1) is 0 Å². The van der Waals surface area contributed by atoms with Crippen LogP contribution in [-0.4, -0.2) is 13.7 Å². The van der Waals surface area contributed by atoms with Crippen molar-refractivity contribution >= 4 is 0 Å². The van der Waals surface area contributed by atoms with Gasteiger partial charge in [0.2, 0.25) is 0 Å². The Hall–Kier alpha value is -1.96. The van der Waals surface area contributed by atoms with Crippen LogP contribution in [-0.2, 0) is 0 Å². The highest BCUT2D eigenvalue weighted by atomic mass is 16.5. The van der Waals surface area contributed by atoms with Crippen molar-refractivity contribution in [1.29, 1.82) is 0 Å². The van der Waals surface area contributed by atoms with E-state index < -0.39 is 0 Å². The van der Waals surface area contributed by atoms with Crippen molar-refractivity contribution in [2.45, 2.75) is 13.3 Å². The molecule has 0 heterocycles. The summed E-state index contributed by atoms with van der Waals surface area (Å²) in [6.07, 6.45) is 1.06. The smallest absolute Gasteiger partial charge is 0.119 e. The van der Waals surface area contributed by atoms with Crippen molar-refractivity contribution in [2.24, 2.45) is 0 Å². The molecule has 0 unspecified atom stereocenters. The molecule has 2 rings (SSSR count). The van der Waals surface area contributed by atoms with Crippen LogP contribution in [0.4, 0.5) is 0 Å². The lowest BCUT2D eigenvalue weighted by Crippen LogP contribution is -1.93. The van der Waals surface area contributed by atoms with Crippen LogP contribution in [0, 0.1) is 0 Å². The summed E-state index contributed by atoms with van der Waals surface area (Å²) in [6.45, 7) is 2.91. The summed E-state index contributed by atoms with van der Waals surface area (Å²) < 4.78 is 10.3. The standard InChI is InChI=1S/C9H12O.C7H8O/c1-2-8-10-9-6-4-3-5-7-9;1-8-7-5-3-2-4-6-7/h3-7H,2,8H2,1H3;2-6H,1H3. The van der Waals surface area contributed by atoms with Gasteiger partial charge in [-0.3, -0.25) is 0 Å². The first kappa shape index (κ1) is 14.1. The van der Waals surface area contributed by atoms with Crippen LogP contribution in [0.15, 0.2) is 60.7 Å². The summed E-state index contributed by atoms with van der Waals surface area (Å²) in [5.74, 6) is 1.87. The Labute approximate surface area is 109 Å². The highest BCUT2D eigenvalue weighted by Gasteiger charge is 1.86. The topological polar surface area (TPSA) is 18.5 Å². The molecule has 0 N–H and O–H groups in total. The Kier molecular flexibility index (Phi) is 7.14. The number of methoxy groups -OCH3 is 1. The fourth-order valence-corrected chi connectivity index (χ4v) is 1.29. The minimum Gasteiger partial charge on any atom is -0.497 e. The summed E-state index contributed by atoms with van der Waals surface area (Å²) in [4.78, 5) is 0. The van der Waals surface area contributed by atoms with E-state index in [1.165, 1.54) is 0 Å². The van der Waals surface area contributed by atoms with Crippen molar-refractivity contribution in [3.05, 3.63) is 60.7 Å². The van der Waals surface area contributed by atoms with E-state index in [-0.39, 0.29) is 0 Å². The predicted molar refractivity (Wildman–Crippen MR) is 75.2 cm³/mol. The van der Waals surface area contributed by atoms with Gasteiger partial charge in [-0.2, -0.15) is 0 Å². The highest BCUT2D eigenvalue weighted by Crippen LogP contribution is 2.07. The second-order valence-electron chi connectivity index (χ2n) is 3.68. The average molecular weight is 244 g/mol. The van der Waals surface area contributed by atoms with E-state index in [0.717, 1.165) is 24.5 Å². The van der Waals surface area contributed by atoms with E-state index in [1.54, 1.807) is 7.11 Å². The molecule has 0 amide bonds. The molecule has 0 atom stereocenters. The lowest BCUT2D eigenvalue weighted by Gasteiger charge is -2.01. The quantitative estimate of drug-likeness (QED) is 0.803. The van der Waals surface area contributed by atoms with E-state index in [1.807, 2.05) is 60.7 Å². The third kappa shape index (κ3) is 5.94. The maximum atomic E-state index is 5.36. The molecule has 96 valence electrons. The number of ether oxygens (including phenoxy) is 2. The molecule has 0 aliphatic carbocycles. The van der Waals surface area contributed by atoms with Crippen molar-refractivity contribution in [3.8, 4) is 11.5 Å². The molecule has 0 saturated carbocycles. The lowest BCUT2D eigenvalue weighted by atomic mass is 10.3. The number of hydrogen-bond acceptors (Lipinski definition) is 2. The largest absolute Gasteiger partial charge is 0.497 e.